The van der Waals surface area contributed by atoms with Crippen LogP contribution in [-0.2, 0) is 4.74 Å². The molecule has 0 bridgehead atoms. The highest BCUT2D eigenvalue weighted by molar-refractivity contribution is 6.22. The molecule has 0 saturated carbocycles. The molecule has 4 rings (SSSR count). The molecular weight excluding hydrogens is 467 g/mol. The molecule has 0 atom stereocenters. The maximum absolute atomic E-state index is 11.1. The average Bonchev–Trinajstić information content (AvgIpc) is 3.17. The van der Waals surface area contributed by atoms with E-state index in [-0.39, 0.29) is 59.4 Å². The van der Waals surface area contributed by atoms with E-state index in [1.165, 1.54) is 30.3 Å². The van der Waals surface area contributed by atoms with Gasteiger partial charge in [-0.25, -0.2) is 19.2 Å². The second kappa shape index (κ2) is 12.6. The maximum atomic E-state index is 11.1. The van der Waals surface area contributed by atoms with Crippen molar-refractivity contribution >= 4 is 48.1 Å². The van der Waals surface area contributed by atoms with E-state index in [0.29, 0.717) is 0 Å². The molecule has 0 aliphatic carbocycles. The smallest absolute Gasteiger partial charge is 0.346 e. The van der Waals surface area contributed by atoms with Gasteiger partial charge in [0.1, 0.15) is 0 Å². The summed E-state index contributed by atoms with van der Waals surface area (Å²) in [4.78, 5) is 65.3. The van der Waals surface area contributed by atoms with Crippen molar-refractivity contribution in [1.29, 1.82) is 0 Å². The quantitative estimate of drug-likeness (QED) is 0.211. The van der Waals surface area contributed by atoms with Crippen molar-refractivity contribution in [1.82, 2.24) is 11.5 Å². The van der Waals surface area contributed by atoms with Crippen LogP contribution in [0.4, 0.5) is 4.39 Å². The summed E-state index contributed by atoms with van der Waals surface area (Å²) in [7, 11) is -1.00. The highest BCUT2D eigenvalue weighted by Crippen LogP contribution is 2.21. The zero-order chi connectivity index (χ0) is 23.3. The van der Waals surface area contributed by atoms with Gasteiger partial charge >= 0.3 is 23.9 Å². The van der Waals surface area contributed by atoms with Gasteiger partial charge in [0.2, 0.25) is 0 Å². The van der Waals surface area contributed by atoms with Crippen LogP contribution in [0, 0.1) is 7.43 Å². The number of halogens is 2. The van der Waals surface area contributed by atoms with E-state index in [4.69, 9.17) is 11.6 Å². The molecule has 2 aliphatic heterocycles. The van der Waals surface area contributed by atoms with Crippen molar-refractivity contribution in [3.63, 3.8) is 0 Å². The van der Waals surface area contributed by atoms with Gasteiger partial charge in [0.15, 0.2) is 0 Å². The monoisotopic (exact) mass is 486 g/mol. The van der Waals surface area contributed by atoms with Crippen LogP contribution in [0.1, 0.15) is 63.5 Å². The molecule has 13 heteroatoms. The molecule has 11 nitrogen and oxygen atoms in total. The van der Waals surface area contributed by atoms with Crippen LogP contribution in [0.25, 0.3) is 0 Å². The minimum Gasteiger partial charge on any atom is -0.478 e. The lowest BCUT2D eigenvalue weighted by Crippen LogP contribution is -2.19. The summed E-state index contributed by atoms with van der Waals surface area (Å²) in [5, 5.41) is 19.4. The summed E-state index contributed by atoms with van der Waals surface area (Å²) in [6.45, 7) is 0. The van der Waals surface area contributed by atoms with Crippen molar-refractivity contribution in [3.05, 3.63) is 77.2 Å². The molecule has 2 heterocycles. The van der Waals surface area contributed by atoms with Crippen LogP contribution in [-0.4, -0.2) is 53.1 Å². The summed E-state index contributed by atoms with van der Waals surface area (Å²) in [5.41, 5.74) is 0.411. The fraction of sp³-hybridized carbons (Fsp3) is 0.0500. The number of benzene rings is 2. The number of aromatic carboxylic acids is 2. The van der Waals surface area contributed by atoms with Crippen LogP contribution >= 0.6 is 12.4 Å². The third-order valence-electron chi connectivity index (χ3n) is 3.87. The number of imide groups is 1. The van der Waals surface area contributed by atoms with E-state index >= 15 is 0 Å². The summed E-state index contributed by atoms with van der Waals surface area (Å²) in [6.07, 6.45) is 0. The maximum Gasteiger partial charge on any atom is 0.346 e. The number of esters is 2. The molecule has 0 saturated heterocycles. The molecule has 2 aromatic rings. The molecule has 2 aromatic carbocycles. The van der Waals surface area contributed by atoms with Crippen molar-refractivity contribution in [2.45, 2.75) is 0 Å². The number of nitrogens with one attached hydrogen (secondary N) is 1. The minimum atomic E-state index is -1.15. The summed E-state index contributed by atoms with van der Waals surface area (Å²) >= 11 is 0. The van der Waals surface area contributed by atoms with Gasteiger partial charge in [-0.3, -0.25) is 19.3 Å². The molecule has 0 spiro atoms. The van der Waals surface area contributed by atoms with Crippen LogP contribution in [0.5, 0.6) is 0 Å². The highest BCUT2D eigenvalue weighted by Gasteiger charge is 2.30. The first-order chi connectivity index (χ1) is 14.6. The summed E-state index contributed by atoms with van der Waals surface area (Å²) < 4.78 is 19.8. The van der Waals surface area contributed by atoms with Gasteiger partial charge in [-0.1, -0.05) is 0 Å². The number of carbonyl (C=O) groups excluding carboxylic acids is 4. The SMILES string of the molecule is Cl.N.O=C(O)c1ccc2c(c1)C(=O)NC2=O.O=C(O)c1ccc2c(c1)C(=O)OC2=O.[2H]CF.[CH3-]. The highest BCUT2D eigenvalue weighted by atomic mass is 35.5. The normalized spacial score (nSPS) is 12.2. The zero-order valence-corrected chi connectivity index (χ0v) is 17.7. The van der Waals surface area contributed by atoms with Crippen LogP contribution in [0.3, 0.4) is 0 Å². The number of hydrogen-bond acceptors (Lipinski definition) is 8. The summed E-state index contributed by atoms with van der Waals surface area (Å²) in [6, 6.07) is 7.47. The van der Waals surface area contributed by atoms with Crippen molar-refractivity contribution in [3.8, 4) is 0 Å². The van der Waals surface area contributed by atoms with Gasteiger partial charge < -0.3 is 28.5 Å². The number of carbonyl (C=O) groups is 6. The van der Waals surface area contributed by atoms with Gasteiger partial charge in [0.05, 0.1) is 41.9 Å². The lowest BCUT2D eigenvalue weighted by molar-refractivity contribution is 0.0442. The average molecular weight is 487 g/mol. The largest absolute Gasteiger partial charge is 0.478 e. The third kappa shape index (κ3) is 6.41. The lowest BCUT2D eigenvalue weighted by atomic mass is 10.1. The molecule has 0 aromatic heterocycles. The topological polar surface area (TPSA) is 199 Å². The molecule has 2 aliphatic rings. The van der Waals surface area contributed by atoms with E-state index in [1.807, 2.05) is 0 Å². The Morgan fingerprint density at radius 3 is 1.73 bits per heavy atom. The van der Waals surface area contributed by atoms with Gasteiger partial charge in [0, 0.05) is 0 Å². The Morgan fingerprint density at radius 2 is 1.24 bits per heavy atom. The van der Waals surface area contributed by atoms with Gasteiger partial charge in [0.25, 0.3) is 11.8 Å². The number of carboxylic acid groups (broad SMARTS) is 2. The molecule has 6 N–H and O–H groups in total. The summed E-state index contributed by atoms with van der Waals surface area (Å²) in [5.74, 6) is -4.84. The number of rotatable bonds is 2. The fourth-order valence-corrected chi connectivity index (χ4v) is 2.52. The standard InChI is InChI=1S/C9H5NO4.C9H4O5.CH3F.CH3.ClH.H3N/c11-7-5-2-1-4(9(13)14)3-6(5)8(12)10-7;10-7(11)4-1-2-5-6(3-4)9(13)14-8(5)12;1-2;;;/h1-3H,(H,13,14)(H,10,11,12);1-3H,(H,10,11);1H3;1H3;1H;1H3/q;;;-1;;/i;;1D;;;. The van der Waals surface area contributed by atoms with E-state index in [9.17, 15) is 33.2 Å². The minimum absolute atomic E-state index is 0. The molecule has 0 fully saturated rings. The predicted molar refractivity (Wildman–Crippen MR) is 114 cm³/mol. The number of fused-ring (bicyclic) bond motifs is 2. The number of ether oxygens (including phenoxy) is 1. The van der Waals surface area contributed by atoms with E-state index < -0.39 is 42.8 Å². The Bertz CT molecular complexity index is 1050. The van der Waals surface area contributed by atoms with Gasteiger partial charge in [-0.15, -0.1) is 12.4 Å². The van der Waals surface area contributed by atoms with Crippen molar-refractivity contribution in [2.24, 2.45) is 0 Å². The van der Waals surface area contributed by atoms with Gasteiger partial charge in [-0.05, 0) is 36.4 Å². The van der Waals surface area contributed by atoms with Crippen LogP contribution < -0.4 is 11.5 Å². The van der Waals surface area contributed by atoms with Gasteiger partial charge in [-0.2, -0.15) is 0 Å². The molecule has 178 valence electrons. The molecular formula is C20H19ClFN2O9-. The van der Waals surface area contributed by atoms with Crippen molar-refractivity contribution in [2.75, 3.05) is 7.15 Å². The number of amides is 2. The Hall–Kier alpha value is -4.16. The number of cyclic esters (lactones) is 2. The number of carboxylic acids is 2. The van der Waals surface area contributed by atoms with Crippen LogP contribution in [0.2, 0.25) is 0 Å². The van der Waals surface area contributed by atoms with E-state index in [0.717, 1.165) is 6.07 Å². The number of alkyl halides is 1. The third-order valence-corrected chi connectivity index (χ3v) is 3.87. The Kier molecular flexibility index (Phi) is 11.0. The second-order valence-electron chi connectivity index (χ2n) is 5.59. The molecule has 0 radical (unpaired) electrons. The predicted octanol–water partition coefficient (Wildman–Crippen LogP) is 2.58. The second-order valence-corrected chi connectivity index (χ2v) is 5.59. The Morgan fingerprint density at radius 1 is 0.848 bits per heavy atom. The molecule has 33 heavy (non-hydrogen) atoms. The fourth-order valence-electron chi connectivity index (χ4n) is 2.52. The first-order valence-corrected chi connectivity index (χ1v) is 7.82. The Balaban J connectivity index is 0. The lowest BCUT2D eigenvalue weighted by Gasteiger charge is -1.96. The molecule has 0 unspecified atom stereocenters. The first kappa shape index (κ1) is 28.8. The Labute approximate surface area is 193 Å². The van der Waals surface area contributed by atoms with Crippen molar-refractivity contribution < 1.29 is 49.5 Å². The zero-order valence-electron chi connectivity index (χ0n) is 17.9. The van der Waals surface area contributed by atoms with E-state index in [1.54, 1.807) is 0 Å². The number of hydrogen-bond donors (Lipinski definition) is 4. The first-order valence-electron chi connectivity index (χ1n) is 8.53. The van der Waals surface area contributed by atoms with E-state index in [2.05, 4.69) is 10.1 Å². The van der Waals surface area contributed by atoms with Crippen LogP contribution in [0.15, 0.2) is 36.4 Å². The molecule has 2 amide bonds.